The standard InChI is InChI=1S/C18H24N2O5/c1-2-19(17(21)11-20-9-5-6-14(20)18(22)23)10-13-12-24-15-7-3-4-8-16(15)25-13/h3-4,7-8,13-14H,2,5-6,9-12H2,1H3,(H,22,23)/t13?,14-/m1/s1. The Morgan fingerprint density at radius 1 is 1.32 bits per heavy atom. The normalized spacial score (nSPS) is 22.6. The number of ether oxygens (including phenoxy) is 2. The van der Waals surface area contributed by atoms with Crippen LogP contribution in [-0.4, -0.2) is 71.7 Å². The maximum Gasteiger partial charge on any atom is 0.320 e. The molecule has 2 atom stereocenters. The Morgan fingerprint density at radius 2 is 2.08 bits per heavy atom. The van der Waals surface area contributed by atoms with Gasteiger partial charge >= 0.3 is 5.97 Å². The first kappa shape index (κ1) is 17.5. The van der Waals surface area contributed by atoms with Gasteiger partial charge in [0.1, 0.15) is 12.6 Å². The number of amides is 1. The van der Waals surface area contributed by atoms with E-state index in [0.717, 1.165) is 12.2 Å². The second-order valence-electron chi connectivity index (χ2n) is 6.40. The quantitative estimate of drug-likeness (QED) is 0.833. The molecule has 0 radical (unpaired) electrons. The van der Waals surface area contributed by atoms with Crippen LogP contribution in [0, 0.1) is 0 Å². The fraction of sp³-hybridized carbons (Fsp3) is 0.556. The maximum absolute atomic E-state index is 12.6. The average Bonchev–Trinajstić information content (AvgIpc) is 3.07. The van der Waals surface area contributed by atoms with Crippen molar-refractivity contribution in [2.24, 2.45) is 0 Å². The molecule has 1 N–H and O–H groups in total. The molecule has 0 bridgehead atoms. The summed E-state index contributed by atoms with van der Waals surface area (Å²) in [5, 5.41) is 9.24. The Kier molecular flexibility index (Phi) is 5.43. The predicted molar refractivity (Wildman–Crippen MR) is 90.8 cm³/mol. The van der Waals surface area contributed by atoms with E-state index < -0.39 is 12.0 Å². The van der Waals surface area contributed by atoms with Gasteiger partial charge in [0.25, 0.3) is 0 Å². The van der Waals surface area contributed by atoms with Gasteiger partial charge in [-0.05, 0) is 38.4 Å². The molecule has 0 spiro atoms. The highest BCUT2D eigenvalue weighted by atomic mass is 16.6. The van der Waals surface area contributed by atoms with Crippen molar-refractivity contribution >= 4 is 11.9 Å². The van der Waals surface area contributed by atoms with Crippen molar-refractivity contribution < 1.29 is 24.2 Å². The van der Waals surface area contributed by atoms with E-state index in [9.17, 15) is 14.7 Å². The van der Waals surface area contributed by atoms with Gasteiger partial charge in [-0.3, -0.25) is 14.5 Å². The highest BCUT2D eigenvalue weighted by molar-refractivity contribution is 5.80. The Bertz CT molecular complexity index is 636. The Balaban J connectivity index is 1.57. The molecule has 0 saturated carbocycles. The van der Waals surface area contributed by atoms with Crippen molar-refractivity contribution in [3.8, 4) is 11.5 Å². The zero-order valence-electron chi connectivity index (χ0n) is 14.4. The van der Waals surface area contributed by atoms with Crippen LogP contribution in [-0.2, 0) is 9.59 Å². The highest BCUT2D eigenvalue weighted by Crippen LogP contribution is 2.31. The first-order valence-electron chi connectivity index (χ1n) is 8.71. The number of hydrogen-bond donors (Lipinski definition) is 1. The summed E-state index contributed by atoms with van der Waals surface area (Å²) in [6.45, 7) is 4.06. The third kappa shape index (κ3) is 4.04. The molecular formula is C18H24N2O5. The van der Waals surface area contributed by atoms with E-state index in [-0.39, 0.29) is 18.6 Å². The van der Waals surface area contributed by atoms with E-state index in [4.69, 9.17) is 9.47 Å². The molecule has 25 heavy (non-hydrogen) atoms. The predicted octanol–water partition coefficient (Wildman–Crippen LogP) is 1.22. The number of aliphatic carboxylic acids is 1. The number of carbonyl (C=O) groups excluding carboxylic acids is 1. The molecule has 0 aromatic heterocycles. The van der Waals surface area contributed by atoms with Crippen molar-refractivity contribution in [3.63, 3.8) is 0 Å². The van der Waals surface area contributed by atoms with Crippen LogP contribution < -0.4 is 9.47 Å². The van der Waals surface area contributed by atoms with Crippen molar-refractivity contribution in [1.29, 1.82) is 0 Å². The Morgan fingerprint density at radius 3 is 2.80 bits per heavy atom. The lowest BCUT2D eigenvalue weighted by atomic mass is 10.2. The lowest BCUT2D eigenvalue weighted by molar-refractivity contribution is -0.143. The third-order valence-corrected chi connectivity index (χ3v) is 4.71. The van der Waals surface area contributed by atoms with Crippen LogP contribution in [0.4, 0.5) is 0 Å². The molecule has 7 nitrogen and oxygen atoms in total. The lowest BCUT2D eigenvalue weighted by Crippen LogP contribution is -2.48. The minimum absolute atomic E-state index is 0.0712. The molecule has 1 amide bonds. The molecule has 7 heteroatoms. The first-order valence-corrected chi connectivity index (χ1v) is 8.71. The van der Waals surface area contributed by atoms with Crippen molar-refractivity contribution in [1.82, 2.24) is 9.80 Å². The molecule has 1 saturated heterocycles. The molecule has 2 aliphatic heterocycles. The number of carboxylic acids is 1. The summed E-state index contributed by atoms with van der Waals surface area (Å²) in [6.07, 6.45) is 1.19. The van der Waals surface area contributed by atoms with Crippen molar-refractivity contribution in [2.45, 2.75) is 31.9 Å². The van der Waals surface area contributed by atoms with Gasteiger partial charge in [0.05, 0.1) is 13.1 Å². The van der Waals surface area contributed by atoms with E-state index in [0.29, 0.717) is 38.4 Å². The van der Waals surface area contributed by atoms with Crippen LogP contribution in [0.2, 0.25) is 0 Å². The summed E-state index contributed by atoms with van der Waals surface area (Å²) in [4.78, 5) is 27.3. The number of benzene rings is 1. The fourth-order valence-electron chi connectivity index (χ4n) is 3.37. The summed E-state index contributed by atoms with van der Waals surface area (Å²) < 4.78 is 11.6. The summed E-state index contributed by atoms with van der Waals surface area (Å²) in [6, 6.07) is 6.92. The third-order valence-electron chi connectivity index (χ3n) is 4.71. The zero-order valence-corrected chi connectivity index (χ0v) is 14.4. The summed E-state index contributed by atoms with van der Waals surface area (Å²) >= 11 is 0. The highest BCUT2D eigenvalue weighted by Gasteiger charge is 2.33. The van der Waals surface area contributed by atoms with E-state index in [2.05, 4.69) is 0 Å². The van der Waals surface area contributed by atoms with Crippen LogP contribution in [0.1, 0.15) is 19.8 Å². The second-order valence-corrected chi connectivity index (χ2v) is 6.40. The van der Waals surface area contributed by atoms with Crippen molar-refractivity contribution in [2.75, 3.05) is 32.8 Å². The number of fused-ring (bicyclic) bond motifs is 1. The molecule has 1 aromatic carbocycles. The zero-order chi connectivity index (χ0) is 17.8. The Hall–Kier alpha value is -2.28. The number of carboxylic acid groups (broad SMARTS) is 1. The number of rotatable bonds is 6. The van der Waals surface area contributed by atoms with Gasteiger partial charge in [0, 0.05) is 6.54 Å². The largest absolute Gasteiger partial charge is 0.486 e. The second kappa shape index (κ2) is 7.74. The number of carbonyl (C=O) groups is 2. The Labute approximate surface area is 147 Å². The summed E-state index contributed by atoms with van der Waals surface area (Å²) in [5.74, 6) is 0.481. The first-order chi connectivity index (χ1) is 12.1. The average molecular weight is 348 g/mol. The molecule has 3 rings (SSSR count). The van der Waals surface area contributed by atoms with Crippen LogP contribution in [0.3, 0.4) is 0 Å². The topological polar surface area (TPSA) is 79.3 Å². The van der Waals surface area contributed by atoms with Crippen molar-refractivity contribution in [3.05, 3.63) is 24.3 Å². The monoisotopic (exact) mass is 348 g/mol. The number of para-hydroxylation sites is 2. The maximum atomic E-state index is 12.6. The van der Waals surface area contributed by atoms with Crippen LogP contribution >= 0.6 is 0 Å². The van der Waals surface area contributed by atoms with Gasteiger partial charge in [-0.1, -0.05) is 12.1 Å². The minimum Gasteiger partial charge on any atom is -0.486 e. The van der Waals surface area contributed by atoms with Crippen LogP contribution in [0.5, 0.6) is 11.5 Å². The van der Waals surface area contributed by atoms with Crippen LogP contribution in [0.25, 0.3) is 0 Å². The molecule has 1 unspecified atom stereocenters. The number of nitrogens with zero attached hydrogens (tertiary/aromatic N) is 2. The summed E-state index contributed by atoms with van der Waals surface area (Å²) in [5.41, 5.74) is 0. The van der Waals surface area contributed by atoms with Gasteiger partial charge in [-0.25, -0.2) is 0 Å². The lowest BCUT2D eigenvalue weighted by Gasteiger charge is -2.32. The van der Waals surface area contributed by atoms with Gasteiger partial charge in [0.15, 0.2) is 17.6 Å². The number of likely N-dealkylation sites (N-methyl/N-ethyl adjacent to an activating group) is 1. The van der Waals surface area contributed by atoms with E-state index in [1.54, 1.807) is 9.80 Å². The molecule has 1 fully saturated rings. The fourth-order valence-corrected chi connectivity index (χ4v) is 3.37. The molecule has 136 valence electrons. The van der Waals surface area contributed by atoms with Crippen LogP contribution in [0.15, 0.2) is 24.3 Å². The van der Waals surface area contributed by atoms with E-state index in [1.807, 2.05) is 31.2 Å². The number of likely N-dealkylation sites (tertiary alicyclic amines) is 1. The molecular weight excluding hydrogens is 324 g/mol. The summed E-state index contributed by atoms with van der Waals surface area (Å²) in [7, 11) is 0. The smallest absolute Gasteiger partial charge is 0.320 e. The molecule has 1 aromatic rings. The van der Waals surface area contributed by atoms with E-state index in [1.165, 1.54) is 0 Å². The van der Waals surface area contributed by atoms with Gasteiger partial charge in [0.2, 0.25) is 5.91 Å². The molecule has 0 aliphatic carbocycles. The number of hydrogen-bond acceptors (Lipinski definition) is 5. The molecule has 2 aliphatic rings. The van der Waals surface area contributed by atoms with Gasteiger partial charge < -0.3 is 19.5 Å². The molecule has 2 heterocycles. The minimum atomic E-state index is -0.853. The van der Waals surface area contributed by atoms with Gasteiger partial charge in [-0.15, -0.1) is 0 Å². The van der Waals surface area contributed by atoms with E-state index >= 15 is 0 Å². The van der Waals surface area contributed by atoms with Gasteiger partial charge in [-0.2, -0.15) is 0 Å². The SMILES string of the molecule is CCN(CC1COc2ccccc2O1)C(=O)CN1CCC[C@@H]1C(=O)O.